The minimum atomic E-state index is 0.207. The van der Waals surface area contributed by atoms with E-state index < -0.39 is 0 Å². The summed E-state index contributed by atoms with van der Waals surface area (Å²) >= 11 is 0. The van der Waals surface area contributed by atoms with E-state index in [1.807, 2.05) is 55.5 Å². The zero-order chi connectivity index (χ0) is 13.2. The van der Waals surface area contributed by atoms with Crippen molar-refractivity contribution in [2.75, 3.05) is 7.05 Å². The predicted molar refractivity (Wildman–Crippen MR) is 74.9 cm³/mol. The molecule has 0 saturated heterocycles. The predicted octanol–water partition coefficient (Wildman–Crippen LogP) is 2.67. The fourth-order valence-corrected chi connectivity index (χ4v) is 2.42. The van der Waals surface area contributed by atoms with Crippen LogP contribution in [0.4, 0.5) is 0 Å². The molecule has 0 spiro atoms. The molecule has 0 aliphatic carbocycles. The number of fused-ring (bicyclic) bond motifs is 1. The molecule has 1 atom stereocenters. The third kappa shape index (κ3) is 2.27. The number of furan rings is 1. The van der Waals surface area contributed by atoms with Crippen LogP contribution in [0.2, 0.25) is 0 Å². The van der Waals surface area contributed by atoms with Crippen molar-refractivity contribution in [1.82, 2.24) is 15.1 Å². The van der Waals surface area contributed by atoms with Gasteiger partial charge in [-0.2, -0.15) is 5.10 Å². The lowest BCUT2D eigenvalue weighted by Gasteiger charge is -2.13. The maximum atomic E-state index is 5.61. The molecule has 0 bridgehead atoms. The number of aromatic nitrogens is 2. The lowest BCUT2D eigenvalue weighted by Crippen LogP contribution is -2.18. The van der Waals surface area contributed by atoms with E-state index in [2.05, 4.69) is 16.5 Å². The smallest absolute Gasteiger partial charge is 0.134 e. The van der Waals surface area contributed by atoms with Crippen molar-refractivity contribution in [2.45, 2.75) is 12.5 Å². The van der Waals surface area contributed by atoms with Gasteiger partial charge in [-0.3, -0.25) is 4.68 Å². The highest BCUT2D eigenvalue weighted by molar-refractivity contribution is 5.81. The molecule has 19 heavy (non-hydrogen) atoms. The van der Waals surface area contributed by atoms with Gasteiger partial charge in [-0.1, -0.05) is 18.2 Å². The number of nitrogens with one attached hydrogen (secondary N) is 1. The second-order valence-corrected chi connectivity index (χ2v) is 4.71. The highest BCUT2D eigenvalue weighted by Gasteiger charge is 2.16. The van der Waals surface area contributed by atoms with Crippen LogP contribution in [0, 0.1) is 0 Å². The first-order chi connectivity index (χ1) is 9.28. The first kappa shape index (κ1) is 12.0. The lowest BCUT2D eigenvalue weighted by atomic mass is 10.0. The number of hydrogen-bond donors (Lipinski definition) is 1. The van der Waals surface area contributed by atoms with Crippen LogP contribution >= 0.6 is 0 Å². The summed E-state index contributed by atoms with van der Waals surface area (Å²) in [7, 11) is 3.90. The number of aryl methyl sites for hydroxylation is 1. The second-order valence-electron chi connectivity index (χ2n) is 4.71. The number of nitrogens with zero attached hydrogens (tertiary/aromatic N) is 2. The van der Waals surface area contributed by atoms with Crippen molar-refractivity contribution in [2.24, 2.45) is 7.05 Å². The number of para-hydroxylation sites is 1. The molecule has 0 aliphatic rings. The van der Waals surface area contributed by atoms with E-state index in [1.54, 1.807) is 0 Å². The molecule has 1 N–H and O–H groups in total. The summed E-state index contributed by atoms with van der Waals surface area (Å²) in [5, 5.41) is 8.94. The molecule has 0 saturated carbocycles. The average molecular weight is 255 g/mol. The zero-order valence-corrected chi connectivity index (χ0v) is 11.1. The van der Waals surface area contributed by atoms with E-state index in [-0.39, 0.29) is 6.04 Å². The molecule has 2 heterocycles. The van der Waals surface area contributed by atoms with Gasteiger partial charge in [-0.25, -0.2) is 0 Å². The minimum absolute atomic E-state index is 0.207. The van der Waals surface area contributed by atoms with Crippen molar-refractivity contribution < 1.29 is 4.42 Å². The summed E-state index contributed by atoms with van der Waals surface area (Å²) in [6.07, 6.45) is 4.66. The highest BCUT2D eigenvalue weighted by Crippen LogP contribution is 2.27. The van der Waals surface area contributed by atoms with Crippen molar-refractivity contribution >= 4 is 11.0 Å². The summed E-state index contributed by atoms with van der Waals surface area (Å²) in [5.41, 5.74) is 3.19. The van der Waals surface area contributed by atoms with E-state index in [0.29, 0.717) is 0 Å². The molecule has 3 aromatic rings. The fraction of sp³-hybridized carbons (Fsp3) is 0.267. The average Bonchev–Trinajstić information content (AvgIpc) is 3.02. The van der Waals surface area contributed by atoms with Gasteiger partial charge < -0.3 is 9.73 Å². The Bertz CT molecular complexity index is 683. The summed E-state index contributed by atoms with van der Waals surface area (Å²) in [4.78, 5) is 0. The summed E-state index contributed by atoms with van der Waals surface area (Å²) in [5.74, 6) is 0. The molecule has 98 valence electrons. The van der Waals surface area contributed by atoms with Crippen LogP contribution < -0.4 is 5.32 Å². The van der Waals surface area contributed by atoms with E-state index in [0.717, 1.165) is 23.1 Å². The van der Waals surface area contributed by atoms with Crippen molar-refractivity contribution in [3.8, 4) is 0 Å². The minimum Gasteiger partial charge on any atom is -0.464 e. The topological polar surface area (TPSA) is 43.0 Å². The van der Waals surface area contributed by atoms with Gasteiger partial charge in [0, 0.05) is 36.7 Å². The van der Waals surface area contributed by atoms with E-state index >= 15 is 0 Å². The van der Waals surface area contributed by atoms with Gasteiger partial charge in [0.25, 0.3) is 0 Å². The van der Waals surface area contributed by atoms with Crippen LogP contribution in [0.1, 0.15) is 17.3 Å². The first-order valence-electron chi connectivity index (χ1n) is 6.40. The summed E-state index contributed by atoms with van der Waals surface area (Å²) < 4.78 is 7.44. The molecule has 1 unspecified atom stereocenters. The Labute approximate surface area is 112 Å². The van der Waals surface area contributed by atoms with Crippen molar-refractivity contribution in [1.29, 1.82) is 0 Å². The normalized spacial score (nSPS) is 12.9. The van der Waals surface area contributed by atoms with Crippen molar-refractivity contribution in [3.63, 3.8) is 0 Å². The molecule has 0 amide bonds. The van der Waals surface area contributed by atoms with Gasteiger partial charge in [0.05, 0.1) is 12.0 Å². The van der Waals surface area contributed by atoms with Gasteiger partial charge in [0.15, 0.2) is 0 Å². The molecular formula is C15H17N3O. The van der Waals surface area contributed by atoms with Crippen LogP contribution in [0.3, 0.4) is 0 Å². The Balaban J connectivity index is 1.93. The molecule has 4 heteroatoms. The molecule has 1 aromatic carbocycles. The maximum Gasteiger partial charge on any atom is 0.134 e. The molecule has 3 rings (SSSR count). The van der Waals surface area contributed by atoms with Crippen LogP contribution in [0.15, 0.2) is 47.2 Å². The Morgan fingerprint density at radius 3 is 2.89 bits per heavy atom. The monoisotopic (exact) mass is 255 g/mol. The highest BCUT2D eigenvalue weighted by atomic mass is 16.3. The zero-order valence-electron chi connectivity index (χ0n) is 11.1. The molecular weight excluding hydrogens is 238 g/mol. The SMILES string of the molecule is CNC(Cc1ccn(C)n1)c1coc2ccccc12. The van der Waals surface area contributed by atoms with Crippen molar-refractivity contribution in [3.05, 3.63) is 54.0 Å². The number of rotatable bonds is 4. The molecule has 4 nitrogen and oxygen atoms in total. The van der Waals surface area contributed by atoms with Crippen LogP contribution in [-0.4, -0.2) is 16.8 Å². The van der Waals surface area contributed by atoms with E-state index in [1.165, 1.54) is 5.56 Å². The van der Waals surface area contributed by atoms with E-state index in [9.17, 15) is 0 Å². The van der Waals surface area contributed by atoms with Gasteiger partial charge >= 0.3 is 0 Å². The molecule has 0 fully saturated rings. The van der Waals surface area contributed by atoms with Crippen LogP contribution in [-0.2, 0) is 13.5 Å². The van der Waals surface area contributed by atoms with Crippen LogP contribution in [0.5, 0.6) is 0 Å². The number of benzene rings is 1. The first-order valence-corrected chi connectivity index (χ1v) is 6.40. The molecule has 0 aliphatic heterocycles. The Hall–Kier alpha value is -2.07. The summed E-state index contributed by atoms with van der Waals surface area (Å²) in [6, 6.07) is 10.4. The second kappa shape index (κ2) is 4.90. The third-order valence-corrected chi connectivity index (χ3v) is 3.42. The third-order valence-electron chi connectivity index (χ3n) is 3.42. The van der Waals surface area contributed by atoms with Gasteiger partial charge in [-0.15, -0.1) is 0 Å². The fourth-order valence-electron chi connectivity index (χ4n) is 2.42. The molecule has 0 radical (unpaired) electrons. The summed E-state index contributed by atoms with van der Waals surface area (Å²) in [6.45, 7) is 0. The standard InChI is InChI=1S/C15H17N3O/c1-16-14(9-11-7-8-18(2)17-11)13-10-19-15-6-4-3-5-12(13)15/h3-8,10,14,16H,9H2,1-2H3. The van der Waals surface area contributed by atoms with Gasteiger partial charge in [-0.05, 0) is 19.2 Å². The van der Waals surface area contributed by atoms with E-state index in [4.69, 9.17) is 4.42 Å². The Morgan fingerprint density at radius 2 is 2.16 bits per heavy atom. The maximum absolute atomic E-state index is 5.61. The van der Waals surface area contributed by atoms with Crippen LogP contribution in [0.25, 0.3) is 11.0 Å². The largest absolute Gasteiger partial charge is 0.464 e. The molecule has 2 aromatic heterocycles. The van der Waals surface area contributed by atoms with Gasteiger partial charge in [0.1, 0.15) is 5.58 Å². The van der Waals surface area contributed by atoms with Gasteiger partial charge in [0.2, 0.25) is 0 Å². The number of hydrogen-bond acceptors (Lipinski definition) is 3. The quantitative estimate of drug-likeness (QED) is 0.779. The Morgan fingerprint density at radius 1 is 1.32 bits per heavy atom. The number of likely N-dealkylation sites (N-methyl/N-ethyl adjacent to an activating group) is 1. The Kier molecular flexibility index (Phi) is 3.09. The lowest BCUT2D eigenvalue weighted by molar-refractivity contribution is 0.555.